The zero-order valence-electron chi connectivity index (χ0n) is 17.8. The van der Waals surface area contributed by atoms with Crippen LogP contribution < -0.4 is 20.3 Å². The highest BCUT2D eigenvalue weighted by molar-refractivity contribution is 7.80. The van der Waals surface area contributed by atoms with Crippen LogP contribution in [-0.2, 0) is 11.2 Å². The number of carbonyl (C=O) groups is 1. The minimum absolute atomic E-state index is 0.104. The summed E-state index contributed by atoms with van der Waals surface area (Å²) in [7, 11) is 0. The normalized spacial score (nSPS) is 10.3. The molecule has 6 heteroatoms. The fourth-order valence-corrected chi connectivity index (χ4v) is 3.51. The molecule has 0 fully saturated rings. The summed E-state index contributed by atoms with van der Waals surface area (Å²) in [6.45, 7) is 5.06. The summed E-state index contributed by atoms with van der Waals surface area (Å²) in [5.74, 6) is 0.323. The largest absolute Gasteiger partial charge is 0.484 e. The summed E-state index contributed by atoms with van der Waals surface area (Å²) in [5, 5.41) is 5.91. The van der Waals surface area contributed by atoms with Crippen LogP contribution in [0, 0.1) is 0 Å². The molecule has 3 rings (SSSR count). The second-order valence-corrected chi connectivity index (χ2v) is 7.29. The van der Waals surface area contributed by atoms with E-state index >= 15 is 0 Å². The highest BCUT2D eigenvalue weighted by Crippen LogP contribution is 2.29. The fraction of sp³-hybridized carbons (Fsp3) is 0.200. The predicted octanol–water partition coefficient (Wildman–Crippen LogP) is 5.30. The minimum atomic E-state index is -0.314. The molecule has 0 aliphatic rings. The quantitative estimate of drug-likeness (QED) is 0.472. The lowest BCUT2D eigenvalue weighted by atomic mass is 10.1. The van der Waals surface area contributed by atoms with Crippen molar-refractivity contribution in [2.75, 3.05) is 23.4 Å². The predicted molar refractivity (Wildman–Crippen MR) is 131 cm³/mol. The van der Waals surface area contributed by atoms with Gasteiger partial charge in [-0.05, 0) is 73.6 Å². The van der Waals surface area contributed by atoms with Crippen molar-refractivity contribution in [3.8, 4) is 5.75 Å². The summed E-state index contributed by atoms with van der Waals surface area (Å²) in [5.41, 5.74) is 4.43. The number of thiocarbonyl (C=S) groups is 1. The molecule has 0 saturated carbocycles. The summed E-state index contributed by atoms with van der Waals surface area (Å²) in [6, 6.07) is 25.6. The first-order valence-electron chi connectivity index (χ1n) is 10.3. The molecule has 3 aromatic rings. The van der Waals surface area contributed by atoms with Gasteiger partial charge in [-0.25, -0.2) is 0 Å². The molecule has 160 valence electrons. The Morgan fingerprint density at radius 1 is 0.935 bits per heavy atom. The highest BCUT2D eigenvalue weighted by atomic mass is 32.1. The maximum Gasteiger partial charge on any atom is 0.264 e. The van der Waals surface area contributed by atoms with E-state index in [4.69, 9.17) is 17.0 Å². The highest BCUT2D eigenvalue weighted by Gasteiger charge is 2.11. The van der Waals surface area contributed by atoms with E-state index in [1.54, 1.807) is 12.1 Å². The average Bonchev–Trinajstić information content (AvgIpc) is 2.80. The van der Waals surface area contributed by atoms with Crippen molar-refractivity contribution in [1.82, 2.24) is 5.32 Å². The van der Waals surface area contributed by atoms with Gasteiger partial charge in [-0.2, -0.15) is 0 Å². The van der Waals surface area contributed by atoms with Gasteiger partial charge in [0.1, 0.15) is 5.75 Å². The van der Waals surface area contributed by atoms with Gasteiger partial charge >= 0.3 is 0 Å². The second-order valence-electron chi connectivity index (χ2n) is 6.88. The van der Waals surface area contributed by atoms with Crippen LogP contribution in [0.25, 0.3) is 0 Å². The minimum Gasteiger partial charge on any atom is -0.484 e. The molecule has 0 aliphatic carbocycles. The number of nitrogens with one attached hydrogen (secondary N) is 2. The third-order valence-corrected chi connectivity index (χ3v) is 4.99. The first-order valence-corrected chi connectivity index (χ1v) is 10.8. The van der Waals surface area contributed by atoms with Crippen LogP contribution in [0.2, 0.25) is 0 Å². The zero-order chi connectivity index (χ0) is 22.1. The number of para-hydroxylation sites is 2. The molecule has 3 aromatic carbocycles. The molecule has 0 unspecified atom stereocenters. The molecule has 5 nitrogen and oxygen atoms in total. The first kappa shape index (κ1) is 22.3. The maximum absolute atomic E-state index is 12.0. The number of rotatable bonds is 8. The Hall–Kier alpha value is -3.38. The molecule has 0 saturated heterocycles. The lowest BCUT2D eigenvalue weighted by Crippen LogP contribution is -2.37. The number of ether oxygens (including phenoxy) is 1. The number of benzene rings is 3. The summed E-state index contributed by atoms with van der Waals surface area (Å²) in [4.78, 5) is 14.3. The first-order chi connectivity index (χ1) is 15.1. The fourth-order valence-electron chi connectivity index (χ4n) is 3.28. The van der Waals surface area contributed by atoms with E-state index in [0.29, 0.717) is 5.75 Å². The van der Waals surface area contributed by atoms with Crippen molar-refractivity contribution in [3.05, 3.63) is 84.4 Å². The number of amides is 1. The van der Waals surface area contributed by atoms with Crippen LogP contribution in [0.1, 0.15) is 19.4 Å². The standard InChI is InChI=1S/C25H27N3O2S/c1-3-19-10-8-9-13-23(19)28(4-2)21-16-14-20(15-17-21)26-25(31)27-24(29)18-30-22-11-6-5-7-12-22/h5-17H,3-4,18H2,1-2H3,(H2,26,27,29,31). The number of hydrogen-bond donors (Lipinski definition) is 2. The molecule has 0 radical (unpaired) electrons. The van der Waals surface area contributed by atoms with Crippen LogP contribution in [0.5, 0.6) is 5.75 Å². The van der Waals surface area contributed by atoms with Gasteiger partial charge in [0.05, 0.1) is 0 Å². The number of hydrogen-bond acceptors (Lipinski definition) is 4. The van der Waals surface area contributed by atoms with Gasteiger partial charge in [0.2, 0.25) is 0 Å². The SMILES string of the molecule is CCc1ccccc1N(CC)c1ccc(NC(=S)NC(=O)COc2ccccc2)cc1. The van der Waals surface area contributed by atoms with Crippen LogP contribution in [0.3, 0.4) is 0 Å². The van der Waals surface area contributed by atoms with Gasteiger partial charge in [0.25, 0.3) is 5.91 Å². The van der Waals surface area contributed by atoms with Crippen molar-refractivity contribution in [1.29, 1.82) is 0 Å². The molecule has 0 aromatic heterocycles. The van der Waals surface area contributed by atoms with Gasteiger partial charge in [0.15, 0.2) is 11.7 Å². The summed E-state index contributed by atoms with van der Waals surface area (Å²) >= 11 is 5.25. The van der Waals surface area contributed by atoms with Gasteiger partial charge in [-0.3, -0.25) is 10.1 Å². The molecule has 0 atom stereocenters. The third-order valence-electron chi connectivity index (χ3n) is 4.78. The number of anilines is 3. The van der Waals surface area contributed by atoms with Gasteiger partial charge < -0.3 is 15.0 Å². The van der Waals surface area contributed by atoms with Gasteiger partial charge in [-0.15, -0.1) is 0 Å². The molecule has 0 bridgehead atoms. The Kier molecular flexibility index (Phi) is 8.01. The van der Waals surface area contributed by atoms with Gasteiger partial charge in [-0.1, -0.05) is 43.3 Å². The summed E-state index contributed by atoms with van der Waals surface area (Å²) < 4.78 is 5.43. The van der Waals surface area contributed by atoms with Crippen LogP contribution in [-0.4, -0.2) is 24.2 Å². The van der Waals surface area contributed by atoms with Crippen molar-refractivity contribution < 1.29 is 9.53 Å². The van der Waals surface area contributed by atoms with E-state index in [2.05, 4.69) is 53.6 Å². The van der Waals surface area contributed by atoms with E-state index in [-0.39, 0.29) is 17.6 Å². The van der Waals surface area contributed by atoms with E-state index in [1.165, 1.54) is 11.3 Å². The molecule has 0 heterocycles. The third kappa shape index (κ3) is 6.30. The molecule has 2 N–H and O–H groups in total. The Morgan fingerprint density at radius 2 is 1.61 bits per heavy atom. The van der Waals surface area contributed by atoms with Crippen LogP contribution in [0.4, 0.5) is 17.1 Å². The molecule has 0 aliphatic heterocycles. The van der Waals surface area contributed by atoms with Gasteiger partial charge in [0, 0.05) is 23.6 Å². The number of nitrogens with zero attached hydrogens (tertiary/aromatic N) is 1. The molecule has 31 heavy (non-hydrogen) atoms. The van der Waals surface area contributed by atoms with E-state index in [9.17, 15) is 4.79 Å². The maximum atomic E-state index is 12.0. The Morgan fingerprint density at radius 3 is 2.29 bits per heavy atom. The monoisotopic (exact) mass is 433 g/mol. The van der Waals surface area contributed by atoms with Crippen molar-refractivity contribution >= 4 is 40.3 Å². The van der Waals surface area contributed by atoms with E-state index < -0.39 is 0 Å². The lowest BCUT2D eigenvalue weighted by Gasteiger charge is -2.26. The smallest absolute Gasteiger partial charge is 0.264 e. The molecule has 0 spiro atoms. The second kappa shape index (κ2) is 11.1. The summed E-state index contributed by atoms with van der Waals surface area (Å²) in [6.07, 6.45) is 0.980. The van der Waals surface area contributed by atoms with Crippen molar-refractivity contribution in [2.45, 2.75) is 20.3 Å². The van der Waals surface area contributed by atoms with Crippen LogP contribution in [0.15, 0.2) is 78.9 Å². The number of aryl methyl sites for hydroxylation is 1. The molecular weight excluding hydrogens is 406 g/mol. The lowest BCUT2D eigenvalue weighted by molar-refractivity contribution is -0.121. The topological polar surface area (TPSA) is 53.6 Å². The Labute approximate surface area is 189 Å². The Bertz CT molecular complexity index is 1010. The average molecular weight is 434 g/mol. The van der Waals surface area contributed by atoms with Crippen molar-refractivity contribution in [3.63, 3.8) is 0 Å². The Balaban J connectivity index is 1.57. The van der Waals surface area contributed by atoms with Crippen LogP contribution >= 0.6 is 12.2 Å². The van der Waals surface area contributed by atoms with Crippen molar-refractivity contribution in [2.24, 2.45) is 0 Å². The van der Waals surface area contributed by atoms with E-state index in [0.717, 1.165) is 24.3 Å². The molecule has 1 amide bonds. The number of carbonyl (C=O) groups excluding carboxylic acids is 1. The van der Waals surface area contributed by atoms with E-state index in [1.807, 2.05) is 42.5 Å². The molecular formula is C25H27N3O2S. The zero-order valence-corrected chi connectivity index (χ0v) is 18.6.